The number of halogens is 1. The highest BCUT2D eigenvalue weighted by Gasteiger charge is 2.14. The van der Waals surface area contributed by atoms with Crippen LogP contribution in [0.25, 0.3) is 22.8 Å². The number of rotatable bonds is 8. The molecule has 0 atom stereocenters. The van der Waals surface area contributed by atoms with Crippen molar-refractivity contribution < 1.29 is 9.47 Å². The van der Waals surface area contributed by atoms with Gasteiger partial charge in [0, 0.05) is 24.3 Å². The van der Waals surface area contributed by atoms with Gasteiger partial charge >= 0.3 is 0 Å². The summed E-state index contributed by atoms with van der Waals surface area (Å²) < 4.78 is 12.6. The van der Waals surface area contributed by atoms with Gasteiger partial charge in [0.25, 0.3) is 0 Å². The van der Waals surface area contributed by atoms with Crippen LogP contribution in [-0.2, 0) is 18.0 Å². The van der Waals surface area contributed by atoms with Crippen molar-refractivity contribution in [3.8, 4) is 28.5 Å². The number of methoxy groups -OCH3 is 1. The predicted octanol–water partition coefficient (Wildman–Crippen LogP) is 4.10. The Morgan fingerprint density at radius 2 is 1.79 bits per heavy atom. The van der Waals surface area contributed by atoms with Gasteiger partial charge in [0.2, 0.25) is 0 Å². The molecule has 0 bridgehead atoms. The highest BCUT2D eigenvalue weighted by molar-refractivity contribution is 5.85. The average Bonchev–Trinajstić information content (AvgIpc) is 3.10. The normalized spacial score (nSPS) is 10.8. The third-order valence-electron chi connectivity index (χ3n) is 4.12. The molecule has 0 radical (unpaired) electrons. The Bertz CT molecular complexity index is 878. The molecule has 28 heavy (non-hydrogen) atoms. The monoisotopic (exact) mass is 402 g/mol. The second-order valence-electron chi connectivity index (χ2n) is 6.55. The zero-order valence-corrected chi connectivity index (χ0v) is 17.6. The molecule has 0 aliphatic rings. The molecule has 3 rings (SSSR count). The second kappa shape index (κ2) is 10.2. The summed E-state index contributed by atoms with van der Waals surface area (Å²) in [4.78, 5) is 6.94. The first kappa shape index (κ1) is 21.9. The minimum Gasteiger partial charge on any atom is -0.497 e. The van der Waals surface area contributed by atoms with E-state index in [4.69, 9.17) is 14.5 Å². The summed E-state index contributed by atoms with van der Waals surface area (Å²) in [7, 11) is 5.78. The highest BCUT2D eigenvalue weighted by atomic mass is 35.5. The lowest BCUT2D eigenvalue weighted by molar-refractivity contribution is 0.0803. The Balaban J connectivity index is 0.00000280. The topological polar surface area (TPSA) is 52.4 Å². The Labute approximate surface area is 172 Å². The Hall–Kier alpha value is -2.41. The highest BCUT2D eigenvalue weighted by Crippen LogP contribution is 2.25. The molecule has 0 unspecified atom stereocenters. The van der Waals surface area contributed by atoms with Gasteiger partial charge in [0.1, 0.15) is 12.5 Å². The van der Waals surface area contributed by atoms with E-state index < -0.39 is 0 Å². The van der Waals surface area contributed by atoms with Crippen LogP contribution in [-0.4, -0.2) is 47.5 Å². The first-order chi connectivity index (χ1) is 13.1. The van der Waals surface area contributed by atoms with Crippen molar-refractivity contribution >= 4 is 12.4 Å². The Kier molecular flexibility index (Phi) is 7.99. The summed E-state index contributed by atoms with van der Waals surface area (Å²) in [6, 6.07) is 16.1. The van der Waals surface area contributed by atoms with Crippen molar-refractivity contribution in [2.24, 2.45) is 0 Å². The number of hydrogen-bond donors (Lipinski definition) is 0. The second-order valence-corrected chi connectivity index (χ2v) is 6.55. The lowest BCUT2D eigenvalue weighted by Gasteiger charge is -2.11. The largest absolute Gasteiger partial charge is 0.497 e. The molecule has 0 spiro atoms. The fourth-order valence-corrected chi connectivity index (χ4v) is 2.86. The molecule has 0 saturated heterocycles. The predicted molar refractivity (Wildman–Crippen MR) is 114 cm³/mol. The lowest BCUT2D eigenvalue weighted by atomic mass is 10.1. The molecule has 7 heteroatoms. The van der Waals surface area contributed by atoms with Crippen molar-refractivity contribution in [3.63, 3.8) is 0 Å². The van der Waals surface area contributed by atoms with Crippen LogP contribution in [0.15, 0.2) is 48.5 Å². The van der Waals surface area contributed by atoms with Gasteiger partial charge in [-0.1, -0.05) is 18.2 Å². The van der Waals surface area contributed by atoms with E-state index in [1.165, 1.54) is 5.56 Å². The van der Waals surface area contributed by atoms with Gasteiger partial charge in [0.15, 0.2) is 11.6 Å². The van der Waals surface area contributed by atoms with Crippen molar-refractivity contribution in [1.82, 2.24) is 19.7 Å². The van der Waals surface area contributed by atoms with E-state index in [1.807, 2.05) is 35.9 Å². The standard InChI is InChI=1S/C21H26N4O2.ClH/c1-5-27-15-25-21(18-8-6-7-16(13-18)14-24(2)3)22-20(23-25)17-9-11-19(26-4)12-10-17;/h6-13H,5,14-15H2,1-4H3;1H. The summed E-state index contributed by atoms with van der Waals surface area (Å²) >= 11 is 0. The molecule has 0 aliphatic heterocycles. The van der Waals surface area contributed by atoms with Crippen molar-refractivity contribution in [2.45, 2.75) is 20.2 Å². The molecule has 3 aromatic rings. The quantitative estimate of drug-likeness (QED) is 0.567. The molecule has 0 N–H and O–H groups in total. The summed E-state index contributed by atoms with van der Waals surface area (Å²) in [6.07, 6.45) is 0. The number of nitrogens with zero attached hydrogens (tertiary/aromatic N) is 4. The van der Waals surface area contributed by atoms with Gasteiger partial charge in [-0.05, 0) is 56.9 Å². The number of aromatic nitrogens is 3. The maximum Gasteiger partial charge on any atom is 0.181 e. The van der Waals surface area contributed by atoms with E-state index in [-0.39, 0.29) is 12.4 Å². The van der Waals surface area contributed by atoms with E-state index in [1.54, 1.807) is 7.11 Å². The zero-order valence-electron chi connectivity index (χ0n) is 16.8. The number of hydrogen-bond acceptors (Lipinski definition) is 5. The summed E-state index contributed by atoms with van der Waals surface area (Å²) in [5, 5.41) is 4.67. The van der Waals surface area contributed by atoms with Crippen LogP contribution in [0.2, 0.25) is 0 Å². The van der Waals surface area contributed by atoms with Gasteiger partial charge in [-0.15, -0.1) is 17.5 Å². The third kappa shape index (κ3) is 5.32. The van der Waals surface area contributed by atoms with Crippen LogP contribution in [0.1, 0.15) is 12.5 Å². The van der Waals surface area contributed by atoms with Gasteiger partial charge in [-0.25, -0.2) is 9.67 Å². The van der Waals surface area contributed by atoms with E-state index in [0.717, 1.165) is 29.2 Å². The molecule has 1 aromatic heterocycles. The summed E-state index contributed by atoms with van der Waals surface area (Å²) in [6.45, 7) is 3.84. The van der Waals surface area contributed by atoms with E-state index in [2.05, 4.69) is 48.4 Å². The average molecular weight is 403 g/mol. The molecule has 0 saturated carbocycles. The van der Waals surface area contributed by atoms with Crippen LogP contribution in [0.5, 0.6) is 5.75 Å². The Morgan fingerprint density at radius 3 is 2.43 bits per heavy atom. The van der Waals surface area contributed by atoms with Gasteiger partial charge in [-0.2, -0.15) is 0 Å². The fourth-order valence-electron chi connectivity index (χ4n) is 2.86. The fraction of sp³-hybridized carbons (Fsp3) is 0.333. The molecule has 2 aromatic carbocycles. The molecule has 150 valence electrons. The maximum absolute atomic E-state index is 5.59. The van der Waals surface area contributed by atoms with E-state index in [9.17, 15) is 0 Å². The molecule has 6 nitrogen and oxygen atoms in total. The molecule has 1 heterocycles. The third-order valence-corrected chi connectivity index (χ3v) is 4.12. The number of benzene rings is 2. The molecule has 0 fully saturated rings. The van der Waals surface area contributed by atoms with Crippen LogP contribution in [0, 0.1) is 0 Å². The van der Waals surface area contributed by atoms with Crippen LogP contribution in [0.3, 0.4) is 0 Å². The molecule has 0 aliphatic carbocycles. The maximum atomic E-state index is 5.59. The minimum atomic E-state index is 0. The first-order valence-electron chi connectivity index (χ1n) is 9.01. The summed E-state index contributed by atoms with van der Waals surface area (Å²) in [5.41, 5.74) is 3.20. The van der Waals surface area contributed by atoms with Crippen molar-refractivity contribution in [3.05, 3.63) is 54.1 Å². The first-order valence-corrected chi connectivity index (χ1v) is 9.01. The van der Waals surface area contributed by atoms with Crippen molar-refractivity contribution in [1.29, 1.82) is 0 Å². The smallest absolute Gasteiger partial charge is 0.181 e. The van der Waals surface area contributed by atoms with Crippen LogP contribution < -0.4 is 4.74 Å². The van der Waals surface area contributed by atoms with Crippen LogP contribution >= 0.6 is 12.4 Å². The molecular formula is C21H27ClN4O2. The van der Waals surface area contributed by atoms with Crippen molar-refractivity contribution in [2.75, 3.05) is 27.8 Å². The number of ether oxygens (including phenoxy) is 2. The molecule has 0 amide bonds. The van der Waals surface area contributed by atoms with Gasteiger partial charge in [-0.3, -0.25) is 0 Å². The van der Waals surface area contributed by atoms with E-state index in [0.29, 0.717) is 19.2 Å². The SMILES string of the molecule is CCOCn1nc(-c2ccc(OC)cc2)nc1-c1cccc(CN(C)C)c1.Cl. The molecular weight excluding hydrogens is 376 g/mol. The van der Waals surface area contributed by atoms with Gasteiger partial charge < -0.3 is 14.4 Å². The van der Waals surface area contributed by atoms with Crippen LogP contribution in [0.4, 0.5) is 0 Å². The van der Waals surface area contributed by atoms with Gasteiger partial charge in [0.05, 0.1) is 7.11 Å². The zero-order chi connectivity index (χ0) is 19.2. The van der Waals surface area contributed by atoms with E-state index >= 15 is 0 Å². The summed E-state index contributed by atoms with van der Waals surface area (Å²) in [5.74, 6) is 2.28. The minimum absolute atomic E-state index is 0. The lowest BCUT2D eigenvalue weighted by Crippen LogP contribution is -2.11. The Morgan fingerprint density at radius 1 is 1.04 bits per heavy atom.